The first-order valence-electron chi connectivity index (χ1n) is 9.50. The molecule has 162 valence electrons. The van der Waals surface area contributed by atoms with E-state index >= 15 is 4.39 Å². The van der Waals surface area contributed by atoms with Crippen LogP contribution in [-0.2, 0) is 0 Å². The van der Waals surface area contributed by atoms with E-state index in [9.17, 15) is 20.0 Å². The number of aliphatic imine (C=N–C) groups is 1. The second-order valence-corrected chi connectivity index (χ2v) is 7.45. The minimum absolute atomic E-state index is 0.0585. The van der Waals surface area contributed by atoms with Gasteiger partial charge in [-0.15, -0.1) is 0 Å². The normalized spacial score (nSPS) is 20.2. The molecule has 31 heavy (non-hydrogen) atoms. The molecule has 2 atom stereocenters. The number of benzene rings is 1. The van der Waals surface area contributed by atoms with Gasteiger partial charge in [0.1, 0.15) is 24.0 Å². The Morgan fingerprint density at radius 2 is 2.16 bits per heavy atom. The largest absolute Gasteiger partial charge is 0.487 e. The van der Waals surface area contributed by atoms with E-state index in [0.29, 0.717) is 12.1 Å². The van der Waals surface area contributed by atoms with Crippen molar-refractivity contribution in [1.82, 2.24) is 9.47 Å². The summed E-state index contributed by atoms with van der Waals surface area (Å²) in [6.45, 7) is 2.61. The van der Waals surface area contributed by atoms with Gasteiger partial charge < -0.3 is 35.7 Å². The summed E-state index contributed by atoms with van der Waals surface area (Å²) in [5, 5.41) is 18.5. The fourth-order valence-corrected chi connectivity index (χ4v) is 4.03. The summed E-state index contributed by atoms with van der Waals surface area (Å²) < 4.78 is 22.9. The van der Waals surface area contributed by atoms with Crippen LogP contribution in [0, 0.1) is 17.3 Å². The van der Waals surface area contributed by atoms with Gasteiger partial charge in [0.05, 0.1) is 23.5 Å². The maximum atomic E-state index is 15.4. The zero-order valence-electron chi connectivity index (χ0n) is 16.6. The van der Waals surface area contributed by atoms with Crippen molar-refractivity contribution in [2.75, 3.05) is 31.1 Å². The van der Waals surface area contributed by atoms with Crippen molar-refractivity contribution in [2.45, 2.75) is 19.1 Å². The predicted molar refractivity (Wildman–Crippen MR) is 109 cm³/mol. The van der Waals surface area contributed by atoms with Gasteiger partial charge in [0.15, 0.2) is 23.7 Å². The van der Waals surface area contributed by atoms with E-state index in [1.54, 1.807) is 16.4 Å². The van der Waals surface area contributed by atoms with Crippen molar-refractivity contribution in [3.05, 3.63) is 33.9 Å². The number of aromatic carboxylic acids is 1. The molecule has 2 aromatic rings. The lowest BCUT2D eigenvalue weighted by Gasteiger charge is -2.40. The number of nitrogens with zero attached hydrogens (tertiary/aromatic N) is 5. The molecule has 4 rings (SSSR count). The monoisotopic (exact) mass is 429 g/mol. The van der Waals surface area contributed by atoms with Crippen molar-refractivity contribution in [2.24, 2.45) is 16.5 Å². The Labute approximate surface area is 175 Å². The second kappa shape index (κ2) is 7.35. The molecule has 1 aromatic heterocycles. The maximum Gasteiger partial charge on any atom is 0.341 e. The third kappa shape index (κ3) is 3.24. The molecule has 0 spiro atoms. The summed E-state index contributed by atoms with van der Waals surface area (Å²) in [6.07, 6.45) is 2.53. The lowest BCUT2D eigenvalue weighted by molar-refractivity contribution is 0.0694. The quantitative estimate of drug-likeness (QED) is 0.346. The number of anilines is 1. The van der Waals surface area contributed by atoms with Crippen LogP contribution in [0.3, 0.4) is 0 Å². The standard InChI is InChI=1S/C19H20FN7O4/c1-9-7-31-17-14-10(16(28)11(18(29)30)5-27(9)14)4-12(20)15(17)26-3-2-25(8-21)6-13(26)24-19(22)23/h4-5,9,13H,2-3,6-7H2,1H3,(H,29,30)(H4,22,23,24). The molecular weight excluding hydrogens is 409 g/mol. The molecule has 0 bridgehead atoms. The van der Waals surface area contributed by atoms with Crippen LogP contribution in [0.2, 0.25) is 0 Å². The van der Waals surface area contributed by atoms with Crippen molar-refractivity contribution in [3.63, 3.8) is 0 Å². The average molecular weight is 429 g/mol. The van der Waals surface area contributed by atoms with Crippen molar-refractivity contribution < 1.29 is 19.0 Å². The first-order valence-corrected chi connectivity index (χ1v) is 9.50. The van der Waals surface area contributed by atoms with Gasteiger partial charge >= 0.3 is 5.97 Å². The van der Waals surface area contributed by atoms with E-state index in [0.717, 1.165) is 6.07 Å². The van der Waals surface area contributed by atoms with Crippen LogP contribution in [0.15, 0.2) is 22.1 Å². The molecular formula is C19H20FN7O4. The van der Waals surface area contributed by atoms with Gasteiger partial charge in [0.2, 0.25) is 5.43 Å². The van der Waals surface area contributed by atoms with Crippen molar-refractivity contribution in [1.29, 1.82) is 5.26 Å². The highest BCUT2D eigenvalue weighted by Crippen LogP contribution is 2.43. The molecule has 0 radical (unpaired) electrons. The van der Waals surface area contributed by atoms with E-state index in [1.165, 1.54) is 11.1 Å². The molecule has 12 heteroatoms. The van der Waals surface area contributed by atoms with Gasteiger partial charge in [-0.3, -0.25) is 4.79 Å². The second-order valence-electron chi connectivity index (χ2n) is 7.45. The maximum absolute atomic E-state index is 15.4. The lowest BCUT2D eigenvalue weighted by atomic mass is 10.0. The number of carboxylic acid groups (broad SMARTS) is 1. The zero-order chi connectivity index (χ0) is 22.4. The van der Waals surface area contributed by atoms with E-state index in [-0.39, 0.29) is 48.5 Å². The first kappa shape index (κ1) is 20.3. The molecule has 2 aliphatic rings. The molecule has 11 nitrogen and oxygen atoms in total. The highest BCUT2D eigenvalue weighted by Gasteiger charge is 2.35. The summed E-state index contributed by atoms with van der Waals surface area (Å²) in [5.74, 6) is -2.27. The lowest BCUT2D eigenvalue weighted by Crippen LogP contribution is -2.52. The van der Waals surface area contributed by atoms with E-state index in [1.807, 2.05) is 6.19 Å². The third-order valence-electron chi connectivity index (χ3n) is 5.45. The number of pyridine rings is 1. The molecule has 5 N–H and O–H groups in total. The molecule has 0 amide bonds. The number of halogens is 1. The number of aromatic nitrogens is 1. The summed E-state index contributed by atoms with van der Waals surface area (Å²) >= 11 is 0. The number of hydrogen-bond donors (Lipinski definition) is 3. The Morgan fingerprint density at radius 3 is 2.81 bits per heavy atom. The number of rotatable bonds is 3. The predicted octanol–water partition coefficient (Wildman–Crippen LogP) is -0.00522. The fraction of sp³-hybridized carbons (Fsp3) is 0.368. The van der Waals surface area contributed by atoms with Gasteiger partial charge in [-0.2, -0.15) is 5.26 Å². The number of nitrogens with two attached hydrogens (primary N) is 2. The number of ether oxygens (including phenoxy) is 1. The molecule has 2 unspecified atom stereocenters. The highest BCUT2D eigenvalue weighted by molar-refractivity contribution is 5.97. The minimum Gasteiger partial charge on any atom is -0.487 e. The Hall–Kier alpha value is -4.01. The van der Waals surface area contributed by atoms with Crippen molar-refractivity contribution >= 4 is 28.5 Å². The summed E-state index contributed by atoms with van der Waals surface area (Å²) in [7, 11) is 0. The Balaban J connectivity index is 1.99. The van der Waals surface area contributed by atoms with Crippen LogP contribution in [0.5, 0.6) is 5.75 Å². The van der Waals surface area contributed by atoms with E-state index in [4.69, 9.17) is 16.2 Å². The SMILES string of the molecule is CC1COc2c(N3CCN(C#N)CC3N=C(N)N)c(F)cc3c(=O)c(C(=O)O)cn1c23. The van der Waals surface area contributed by atoms with Crippen LogP contribution in [0.25, 0.3) is 10.9 Å². The zero-order valence-corrected chi connectivity index (χ0v) is 16.6. The number of guanidine groups is 1. The van der Waals surface area contributed by atoms with Crippen LogP contribution in [0.1, 0.15) is 23.3 Å². The van der Waals surface area contributed by atoms with Gasteiger partial charge in [0, 0.05) is 19.3 Å². The topological polar surface area (TPSA) is 163 Å². The van der Waals surface area contributed by atoms with E-state index in [2.05, 4.69) is 4.99 Å². The number of carboxylic acids is 1. The van der Waals surface area contributed by atoms with Crippen LogP contribution in [0.4, 0.5) is 10.1 Å². The summed E-state index contributed by atoms with van der Waals surface area (Å²) in [5.41, 5.74) is 10.2. The van der Waals surface area contributed by atoms with Crippen LogP contribution >= 0.6 is 0 Å². The number of nitriles is 1. The Bertz CT molecular complexity index is 1210. The Kier molecular flexibility index (Phi) is 4.81. The third-order valence-corrected chi connectivity index (χ3v) is 5.45. The van der Waals surface area contributed by atoms with Gasteiger partial charge in [-0.25, -0.2) is 14.2 Å². The van der Waals surface area contributed by atoms with Crippen LogP contribution < -0.4 is 26.5 Å². The molecule has 2 aliphatic heterocycles. The molecule has 1 saturated heterocycles. The van der Waals surface area contributed by atoms with Crippen LogP contribution in [-0.4, -0.2) is 58.9 Å². The Morgan fingerprint density at radius 1 is 1.42 bits per heavy atom. The van der Waals surface area contributed by atoms with Gasteiger partial charge in [-0.1, -0.05) is 0 Å². The molecule has 0 saturated carbocycles. The van der Waals surface area contributed by atoms with E-state index < -0.39 is 28.9 Å². The number of carbonyl (C=O) groups is 1. The highest BCUT2D eigenvalue weighted by atomic mass is 19.1. The van der Waals surface area contributed by atoms with Gasteiger partial charge in [-0.05, 0) is 13.0 Å². The number of piperazine rings is 1. The molecule has 0 aliphatic carbocycles. The number of hydrogen-bond acceptors (Lipinski definition) is 7. The fourth-order valence-electron chi connectivity index (χ4n) is 4.03. The van der Waals surface area contributed by atoms with Gasteiger partial charge in [0.25, 0.3) is 0 Å². The smallest absolute Gasteiger partial charge is 0.341 e. The first-order chi connectivity index (χ1) is 14.7. The molecule has 1 aromatic carbocycles. The average Bonchev–Trinajstić information content (AvgIpc) is 2.71. The summed E-state index contributed by atoms with van der Waals surface area (Å²) in [6, 6.07) is 0.736. The molecule has 1 fully saturated rings. The minimum atomic E-state index is -1.39. The van der Waals surface area contributed by atoms with Crippen molar-refractivity contribution in [3.8, 4) is 11.9 Å². The summed E-state index contributed by atoms with van der Waals surface area (Å²) in [4.78, 5) is 31.4. The molecule has 3 heterocycles.